The second kappa shape index (κ2) is 9.16. The van der Waals surface area contributed by atoms with Gasteiger partial charge in [0.2, 0.25) is 0 Å². The van der Waals surface area contributed by atoms with Crippen molar-refractivity contribution in [3.05, 3.63) is 0 Å². The minimum Gasteiger partial charge on any atom is -0.444 e. The number of hydrogen-bond donors (Lipinski definition) is 2. The third kappa shape index (κ3) is 10.4. The maximum atomic E-state index is 11.5. The summed E-state index contributed by atoms with van der Waals surface area (Å²) < 4.78 is 10.1. The number of aliphatic hydroxyl groups excluding tert-OH is 1. The Morgan fingerprint density at radius 1 is 1.28 bits per heavy atom. The molecule has 5 heteroatoms. The Hall–Kier alpha value is -0.810. The van der Waals surface area contributed by atoms with E-state index in [9.17, 15) is 9.90 Å². The van der Waals surface area contributed by atoms with Crippen molar-refractivity contribution < 1.29 is 19.4 Å². The fourth-order valence-electron chi connectivity index (χ4n) is 1.50. The molecule has 0 radical (unpaired) electrons. The number of amides is 1. The Balaban J connectivity index is 3.79. The first-order valence-electron chi connectivity index (χ1n) is 6.48. The van der Waals surface area contributed by atoms with E-state index in [1.54, 1.807) is 7.11 Å². The highest BCUT2D eigenvalue weighted by molar-refractivity contribution is 5.68. The fourth-order valence-corrected chi connectivity index (χ4v) is 1.50. The van der Waals surface area contributed by atoms with Crippen LogP contribution in [0.2, 0.25) is 0 Å². The summed E-state index contributed by atoms with van der Waals surface area (Å²) in [6.45, 7) is 6.12. The van der Waals surface area contributed by atoms with Gasteiger partial charge in [-0.15, -0.1) is 0 Å². The average molecular weight is 261 g/mol. The van der Waals surface area contributed by atoms with Gasteiger partial charge in [0.05, 0.1) is 12.6 Å². The van der Waals surface area contributed by atoms with Crippen molar-refractivity contribution in [3.63, 3.8) is 0 Å². The van der Waals surface area contributed by atoms with Crippen LogP contribution in [-0.4, -0.2) is 43.2 Å². The molecule has 0 saturated carbocycles. The maximum Gasteiger partial charge on any atom is 0.407 e. The van der Waals surface area contributed by atoms with Gasteiger partial charge in [-0.25, -0.2) is 4.79 Å². The third-order valence-corrected chi connectivity index (χ3v) is 2.34. The summed E-state index contributed by atoms with van der Waals surface area (Å²) in [6.07, 6.45) is 3.25. The predicted octanol–water partition coefficient (Wildman–Crippen LogP) is 2.08. The molecule has 0 aliphatic carbocycles. The first-order valence-corrected chi connectivity index (χ1v) is 6.48. The number of ether oxygens (including phenoxy) is 2. The molecule has 1 amide bonds. The molecule has 0 aromatic rings. The summed E-state index contributed by atoms with van der Waals surface area (Å²) in [5.41, 5.74) is -0.511. The molecule has 0 bridgehead atoms. The van der Waals surface area contributed by atoms with Gasteiger partial charge in [0.1, 0.15) is 5.60 Å². The molecule has 0 saturated heterocycles. The molecule has 108 valence electrons. The molecule has 2 N–H and O–H groups in total. The summed E-state index contributed by atoms with van der Waals surface area (Å²) in [5.74, 6) is 0. The van der Waals surface area contributed by atoms with Crippen molar-refractivity contribution in [2.24, 2.45) is 0 Å². The molecule has 0 fully saturated rings. The standard InChI is InChI=1S/C13H27NO4/c1-13(2,3)18-12(16)14-11(10-15)8-6-5-7-9-17-4/h11,15H,5-10H2,1-4H3,(H,14,16). The molecule has 0 aliphatic rings. The molecule has 18 heavy (non-hydrogen) atoms. The van der Waals surface area contributed by atoms with Crippen LogP contribution in [-0.2, 0) is 9.47 Å². The van der Waals surface area contributed by atoms with Crippen LogP contribution < -0.4 is 5.32 Å². The van der Waals surface area contributed by atoms with E-state index < -0.39 is 11.7 Å². The molecule has 0 aliphatic heterocycles. The first-order chi connectivity index (χ1) is 8.39. The Kier molecular flexibility index (Phi) is 8.75. The van der Waals surface area contributed by atoms with Crippen molar-refractivity contribution in [2.75, 3.05) is 20.3 Å². The van der Waals surface area contributed by atoms with Gasteiger partial charge in [0.25, 0.3) is 0 Å². The number of carbonyl (C=O) groups is 1. The van der Waals surface area contributed by atoms with Crippen LogP contribution >= 0.6 is 0 Å². The Morgan fingerprint density at radius 2 is 1.94 bits per heavy atom. The Bertz CT molecular complexity index is 226. The summed E-state index contributed by atoms with van der Waals surface area (Å²) >= 11 is 0. The number of aliphatic hydroxyl groups is 1. The van der Waals surface area contributed by atoms with Crippen molar-refractivity contribution in [1.82, 2.24) is 5.32 Å². The number of hydrogen-bond acceptors (Lipinski definition) is 4. The number of methoxy groups -OCH3 is 1. The van der Waals surface area contributed by atoms with Crippen LogP contribution in [0.5, 0.6) is 0 Å². The van der Waals surface area contributed by atoms with E-state index in [0.29, 0.717) is 0 Å². The zero-order valence-corrected chi connectivity index (χ0v) is 12.0. The summed E-state index contributed by atoms with van der Waals surface area (Å²) in [7, 11) is 1.68. The molecule has 0 aromatic carbocycles. The minimum atomic E-state index is -0.511. The van der Waals surface area contributed by atoms with E-state index >= 15 is 0 Å². The van der Waals surface area contributed by atoms with Crippen LogP contribution in [0, 0.1) is 0 Å². The highest BCUT2D eigenvalue weighted by atomic mass is 16.6. The van der Waals surface area contributed by atoms with Gasteiger partial charge in [-0.05, 0) is 33.6 Å². The monoisotopic (exact) mass is 261 g/mol. The maximum absolute atomic E-state index is 11.5. The normalized spacial score (nSPS) is 13.2. The van der Waals surface area contributed by atoms with Gasteiger partial charge in [-0.2, -0.15) is 0 Å². The summed E-state index contributed by atoms with van der Waals surface area (Å²) in [4.78, 5) is 11.5. The van der Waals surface area contributed by atoms with Crippen molar-refractivity contribution >= 4 is 6.09 Å². The van der Waals surface area contributed by atoms with E-state index in [2.05, 4.69) is 5.32 Å². The molecule has 5 nitrogen and oxygen atoms in total. The van der Waals surface area contributed by atoms with Crippen LogP contribution in [0.25, 0.3) is 0 Å². The lowest BCUT2D eigenvalue weighted by molar-refractivity contribution is 0.0478. The van der Waals surface area contributed by atoms with Crippen molar-refractivity contribution in [3.8, 4) is 0 Å². The quantitative estimate of drug-likeness (QED) is 0.656. The molecular weight excluding hydrogens is 234 g/mol. The summed E-state index contributed by atoms with van der Waals surface area (Å²) in [6, 6.07) is -0.234. The van der Waals surface area contributed by atoms with E-state index in [0.717, 1.165) is 32.3 Å². The lowest BCUT2D eigenvalue weighted by atomic mass is 10.1. The van der Waals surface area contributed by atoms with E-state index in [-0.39, 0.29) is 12.6 Å². The average Bonchev–Trinajstić information content (AvgIpc) is 2.24. The number of nitrogens with one attached hydrogen (secondary N) is 1. The molecule has 0 rings (SSSR count). The number of alkyl carbamates (subject to hydrolysis) is 1. The van der Waals surface area contributed by atoms with E-state index in [1.165, 1.54) is 0 Å². The van der Waals surface area contributed by atoms with Gasteiger partial charge < -0.3 is 19.9 Å². The highest BCUT2D eigenvalue weighted by Gasteiger charge is 2.18. The third-order valence-electron chi connectivity index (χ3n) is 2.34. The number of rotatable bonds is 8. The Labute approximate surface area is 110 Å². The Morgan fingerprint density at radius 3 is 2.44 bits per heavy atom. The lowest BCUT2D eigenvalue weighted by Gasteiger charge is -2.22. The second-order valence-corrected chi connectivity index (χ2v) is 5.37. The number of unbranched alkanes of at least 4 members (excludes halogenated alkanes) is 2. The molecule has 0 spiro atoms. The second-order valence-electron chi connectivity index (χ2n) is 5.37. The predicted molar refractivity (Wildman–Crippen MR) is 70.6 cm³/mol. The zero-order chi connectivity index (χ0) is 14.0. The molecule has 1 atom stereocenters. The number of carbonyl (C=O) groups excluding carboxylic acids is 1. The van der Waals surface area contributed by atoms with Gasteiger partial charge in [0.15, 0.2) is 0 Å². The topological polar surface area (TPSA) is 67.8 Å². The van der Waals surface area contributed by atoms with Crippen LogP contribution in [0.15, 0.2) is 0 Å². The molecule has 1 unspecified atom stereocenters. The van der Waals surface area contributed by atoms with E-state index in [1.807, 2.05) is 20.8 Å². The van der Waals surface area contributed by atoms with Gasteiger partial charge >= 0.3 is 6.09 Å². The van der Waals surface area contributed by atoms with Gasteiger partial charge in [0, 0.05) is 13.7 Å². The van der Waals surface area contributed by atoms with E-state index in [4.69, 9.17) is 9.47 Å². The smallest absolute Gasteiger partial charge is 0.407 e. The first kappa shape index (κ1) is 17.2. The largest absolute Gasteiger partial charge is 0.444 e. The lowest BCUT2D eigenvalue weighted by Crippen LogP contribution is -2.41. The zero-order valence-electron chi connectivity index (χ0n) is 12.0. The van der Waals surface area contributed by atoms with Crippen LogP contribution in [0.3, 0.4) is 0 Å². The van der Waals surface area contributed by atoms with Crippen LogP contribution in [0.4, 0.5) is 4.79 Å². The highest BCUT2D eigenvalue weighted by Crippen LogP contribution is 2.08. The molecule has 0 heterocycles. The van der Waals surface area contributed by atoms with Gasteiger partial charge in [-0.3, -0.25) is 0 Å². The van der Waals surface area contributed by atoms with Crippen molar-refractivity contribution in [1.29, 1.82) is 0 Å². The SMILES string of the molecule is COCCCCCC(CO)NC(=O)OC(C)(C)C. The summed E-state index contributed by atoms with van der Waals surface area (Å²) in [5, 5.41) is 11.9. The fraction of sp³-hybridized carbons (Fsp3) is 0.923. The molecule has 0 aromatic heterocycles. The minimum absolute atomic E-state index is 0.0660. The molecular formula is C13H27NO4. The van der Waals surface area contributed by atoms with Gasteiger partial charge in [-0.1, -0.05) is 12.8 Å². The van der Waals surface area contributed by atoms with Crippen molar-refractivity contribution in [2.45, 2.75) is 58.1 Å². The van der Waals surface area contributed by atoms with Crippen LogP contribution in [0.1, 0.15) is 46.5 Å².